The minimum absolute atomic E-state index is 0.158. The lowest BCUT2D eigenvalue weighted by molar-refractivity contribution is -0.131. The van der Waals surface area contributed by atoms with E-state index in [4.69, 9.17) is 0 Å². The molecule has 0 saturated carbocycles. The number of hydrogen-bond acceptors (Lipinski definition) is 2. The number of amides is 1. The third-order valence-electron chi connectivity index (χ3n) is 3.52. The topological polar surface area (TPSA) is 32.3 Å². The largest absolute Gasteiger partial charge is 0.340 e. The quantitative estimate of drug-likeness (QED) is 0.900. The fraction of sp³-hybridized carbons (Fsp3) is 0.533. The molecule has 3 nitrogen and oxygen atoms in total. The Hall–Kier alpha value is -1.42. The van der Waals surface area contributed by atoms with E-state index in [1.165, 1.54) is 0 Å². The fourth-order valence-electron chi connectivity index (χ4n) is 2.36. The van der Waals surface area contributed by atoms with E-state index in [0.717, 1.165) is 31.7 Å². The van der Waals surface area contributed by atoms with Gasteiger partial charge in [0, 0.05) is 32.6 Å². The summed E-state index contributed by atoms with van der Waals surface area (Å²) in [6, 6.07) is 5.28. The van der Waals surface area contributed by atoms with Crippen LogP contribution in [0.2, 0.25) is 0 Å². The first-order chi connectivity index (χ1) is 9.16. The Kier molecular flexibility index (Phi) is 4.91. The number of hydrogen-bond donors (Lipinski definition) is 1. The van der Waals surface area contributed by atoms with Crippen molar-refractivity contribution >= 4 is 5.91 Å². The van der Waals surface area contributed by atoms with Crippen molar-refractivity contribution in [1.29, 1.82) is 0 Å². The van der Waals surface area contributed by atoms with E-state index in [0.29, 0.717) is 24.8 Å². The average molecular weight is 264 g/mol. The van der Waals surface area contributed by atoms with Crippen molar-refractivity contribution in [3.8, 4) is 0 Å². The molecule has 1 aromatic carbocycles. The molecular weight excluding hydrogens is 243 g/mol. The van der Waals surface area contributed by atoms with Crippen LogP contribution in [0, 0.1) is 12.7 Å². The normalized spacial score (nSPS) is 15.6. The van der Waals surface area contributed by atoms with Gasteiger partial charge in [0.25, 0.3) is 0 Å². The standard InChI is InChI=1S/C15H21FN2O/c1-12-5-6-13(14(16)11-12)3-2-4-15(19)18-9-7-17-8-10-18/h5-6,11,17H,2-4,7-10H2,1H3. The van der Waals surface area contributed by atoms with Gasteiger partial charge in [-0.2, -0.15) is 0 Å². The van der Waals surface area contributed by atoms with E-state index in [1.54, 1.807) is 6.07 Å². The van der Waals surface area contributed by atoms with Crippen LogP contribution < -0.4 is 5.32 Å². The molecule has 4 heteroatoms. The second-order valence-electron chi connectivity index (χ2n) is 5.08. The zero-order valence-corrected chi connectivity index (χ0v) is 11.4. The predicted molar refractivity (Wildman–Crippen MR) is 73.5 cm³/mol. The number of halogens is 1. The summed E-state index contributed by atoms with van der Waals surface area (Å²) in [7, 11) is 0. The van der Waals surface area contributed by atoms with Crippen LogP contribution in [0.1, 0.15) is 24.0 Å². The number of rotatable bonds is 4. The van der Waals surface area contributed by atoms with Crippen molar-refractivity contribution in [3.05, 3.63) is 35.1 Å². The summed E-state index contributed by atoms with van der Waals surface area (Å²) in [4.78, 5) is 13.8. The SMILES string of the molecule is Cc1ccc(CCCC(=O)N2CCNCC2)c(F)c1. The predicted octanol–water partition coefficient (Wildman–Crippen LogP) is 1.89. The van der Waals surface area contributed by atoms with E-state index in [2.05, 4.69) is 5.32 Å². The van der Waals surface area contributed by atoms with Gasteiger partial charge in [0.2, 0.25) is 5.91 Å². The number of nitrogens with zero attached hydrogens (tertiary/aromatic N) is 1. The molecule has 1 N–H and O–H groups in total. The smallest absolute Gasteiger partial charge is 0.222 e. The van der Waals surface area contributed by atoms with E-state index < -0.39 is 0 Å². The molecule has 0 unspecified atom stereocenters. The highest BCUT2D eigenvalue weighted by atomic mass is 19.1. The number of aryl methyl sites for hydroxylation is 2. The summed E-state index contributed by atoms with van der Waals surface area (Å²) >= 11 is 0. The Balaban J connectivity index is 1.78. The van der Waals surface area contributed by atoms with E-state index in [-0.39, 0.29) is 11.7 Å². The maximum absolute atomic E-state index is 13.6. The van der Waals surface area contributed by atoms with Crippen LogP contribution >= 0.6 is 0 Å². The molecule has 1 aliphatic rings. The van der Waals surface area contributed by atoms with Crippen molar-refractivity contribution in [1.82, 2.24) is 10.2 Å². The van der Waals surface area contributed by atoms with Gasteiger partial charge in [-0.05, 0) is 37.0 Å². The van der Waals surface area contributed by atoms with Gasteiger partial charge in [0.15, 0.2) is 0 Å². The molecule has 1 aliphatic heterocycles. The Morgan fingerprint density at radius 1 is 1.37 bits per heavy atom. The minimum Gasteiger partial charge on any atom is -0.340 e. The maximum atomic E-state index is 13.6. The summed E-state index contributed by atoms with van der Waals surface area (Å²) in [6.45, 7) is 5.20. The molecule has 0 radical (unpaired) electrons. The molecule has 104 valence electrons. The zero-order valence-electron chi connectivity index (χ0n) is 11.4. The zero-order chi connectivity index (χ0) is 13.7. The van der Waals surface area contributed by atoms with Crippen molar-refractivity contribution in [2.24, 2.45) is 0 Å². The van der Waals surface area contributed by atoms with Crippen molar-refractivity contribution in [3.63, 3.8) is 0 Å². The van der Waals surface area contributed by atoms with Gasteiger partial charge in [-0.25, -0.2) is 4.39 Å². The first kappa shape index (κ1) is 14.0. The molecular formula is C15H21FN2O. The monoisotopic (exact) mass is 264 g/mol. The second-order valence-corrected chi connectivity index (χ2v) is 5.08. The number of benzene rings is 1. The van der Waals surface area contributed by atoms with Gasteiger partial charge in [-0.15, -0.1) is 0 Å². The molecule has 0 atom stereocenters. The first-order valence-electron chi connectivity index (χ1n) is 6.90. The van der Waals surface area contributed by atoms with Crippen LogP contribution in [0.25, 0.3) is 0 Å². The van der Waals surface area contributed by atoms with Gasteiger partial charge < -0.3 is 10.2 Å². The van der Waals surface area contributed by atoms with Gasteiger partial charge in [0.05, 0.1) is 0 Å². The molecule has 0 spiro atoms. The Morgan fingerprint density at radius 2 is 2.11 bits per heavy atom. The summed E-state index contributed by atoms with van der Waals surface area (Å²) in [5.41, 5.74) is 1.64. The average Bonchev–Trinajstić information content (AvgIpc) is 2.42. The van der Waals surface area contributed by atoms with Crippen LogP contribution in [0.5, 0.6) is 0 Å². The van der Waals surface area contributed by atoms with Crippen molar-refractivity contribution in [2.75, 3.05) is 26.2 Å². The van der Waals surface area contributed by atoms with Crippen molar-refractivity contribution < 1.29 is 9.18 Å². The third-order valence-corrected chi connectivity index (χ3v) is 3.52. The van der Waals surface area contributed by atoms with Gasteiger partial charge in [-0.3, -0.25) is 4.79 Å². The molecule has 1 amide bonds. The molecule has 0 aliphatic carbocycles. The highest BCUT2D eigenvalue weighted by molar-refractivity contribution is 5.76. The molecule has 2 rings (SSSR count). The lowest BCUT2D eigenvalue weighted by atomic mass is 10.1. The fourth-order valence-corrected chi connectivity index (χ4v) is 2.36. The molecule has 1 saturated heterocycles. The number of carbonyl (C=O) groups excluding carboxylic acids is 1. The molecule has 1 heterocycles. The molecule has 0 bridgehead atoms. The van der Waals surface area contributed by atoms with E-state index in [9.17, 15) is 9.18 Å². The lowest BCUT2D eigenvalue weighted by Gasteiger charge is -2.27. The minimum atomic E-state index is -0.158. The molecule has 1 aromatic rings. The molecule has 19 heavy (non-hydrogen) atoms. The van der Waals surface area contributed by atoms with Gasteiger partial charge >= 0.3 is 0 Å². The van der Waals surface area contributed by atoms with Crippen molar-refractivity contribution in [2.45, 2.75) is 26.2 Å². The molecule has 1 fully saturated rings. The second kappa shape index (κ2) is 6.66. The van der Waals surface area contributed by atoms with Gasteiger partial charge in [0.1, 0.15) is 5.82 Å². The highest BCUT2D eigenvalue weighted by Gasteiger charge is 2.15. The lowest BCUT2D eigenvalue weighted by Crippen LogP contribution is -2.46. The number of carbonyl (C=O) groups is 1. The van der Waals surface area contributed by atoms with Crippen LogP contribution in [-0.4, -0.2) is 37.0 Å². The molecule has 0 aromatic heterocycles. The maximum Gasteiger partial charge on any atom is 0.222 e. The summed E-state index contributed by atoms with van der Waals surface area (Å²) < 4.78 is 13.6. The van der Waals surface area contributed by atoms with Crippen LogP contribution in [0.15, 0.2) is 18.2 Å². The van der Waals surface area contributed by atoms with E-state index in [1.807, 2.05) is 24.0 Å². The first-order valence-corrected chi connectivity index (χ1v) is 6.90. The van der Waals surface area contributed by atoms with Crippen LogP contribution in [0.3, 0.4) is 0 Å². The number of nitrogens with one attached hydrogen (secondary N) is 1. The summed E-state index contributed by atoms with van der Waals surface area (Å²) in [5.74, 6) is 0.0311. The van der Waals surface area contributed by atoms with E-state index >= 15 is 0 Å². The van der Waals surface area contributed by atoms with Gasteiger partial charge in [-0.1, -0.05) is 12.1 Å². The summed E-state index contributed by atoms with van der Waals surface area (Å²) in [6.07, 6.45) is 1.85. The Labute approximate surface area is 113 Å². The van der Waals surface area contributed by atoms with Crippen LogP contribution in [0.4, 0.5) is 4.39 Å². The summed E-state index contributed by atoms with van der Waals surface area (Å²) in [5, 5.41) is 3.22. The number of piperazine rings is 1. The Morgan fingerprint density at radius 3 is 2.79 bits per heavy atom. The third kappa shape index (κ3) is 4.03. The highest BCUT2D eigenvalue weighted by Crippen LogP contribution is 2.13. The Bertz CT molecular complexity index is 442. The van der Waals surface area contributed by atoms with Crippen LogP contribution in [-0.2, 0) is 11.2 Å².